The van der Waals surface area contributed by atoms with E-state index in [2.05, 4.69) is 64.1 Å². The number of anilines is 1. The number of allylic oxidation sites excluding steroid dienone is 1. The van der Waals surface area contributed by atoms with E-state index in [4.69, 9.17) is 19.7 Å². The number of hydrogen-bond acceptors (Lipinski definition) is 7. The summed E-state index contributed by atoms with van der Waals surface area (Å²) in [4.78, 5) is 31.8. The largest absolute Gasteiger partial charge is 0.475 e. The second-order valence-electron chi connectivity index (χ2n) is 13.3. The van der Waals surface area contributed by atoms with E-state index in [1.807, 2.05) is 71.1 Å². The molecule has 0 saturated heterocycles. The van der Waals surface area contributed by atoms with Gasteiger partial charge in [-0.25, -0.2) is 9.97 Å². The van der Waals surface area contributed by atoms with Gasteiger partial charge < -0.3 is 14.0 Å². The summed E-state index contributed by atoms with van der Waals surface area (Å²) in [6.07, 6.45) is 4.69. The highest BCUT2D eigenvalue weighted by atomic mass is 32.2. The molecule has 4 bridgehead atoms. The molecule has 46 heavy (non-hydrogen) atoms. The Balaban J connectivity index is 1.44. The van der Waals surface area contributed by atoms with E-state index >= 15 is 0 Å². The predicted octanol–water partition coefficient (Wildman–Crippen LogP) is 8.40. The van der Waals surface area contributed by atoms with E-state index in [9.17, 15) is 4.79 Å². The molecule has 4 heterocycles. The van der Waals surface area contributed by atoms with Crippen LogP contribution in [0.4, 0.5) is 5.95 Å². The van der Waals surface area contributed by atoms with Gasteiger partial charge in [-0.05, 0) is 91.6 Å². The average Bonchev–Trinajstić information content (AvgIpc) is 3.42. The zero-order chi connectivity index (χ0) is 32.6. The number of ether oxygens (including phenoxy) is 1. The lowest BCUT2D eigenvalue weighted by Crippen LogP contribution is -2.45. The van der Waals surface area contributed by atoms with Crippen molar-refractivity contribution in [2.45, 2.75) is 65.4 Å². The quantitative estimate of drug-likeness (QED) is 0.195. The van der Waals surface area contributed by atoms with E-state index in [0.717, 1.165) is 49.8 Å². The number of pyridine rings is 1. The molecule has 0 aliphatic carbocycles. The number of amides is 1. The van der Waals surface area contributed by atoms with Crippen LogP contribution in [0.1, 0.15) is 66.9 Å². The lowest BCUT2D eigenvalue weighted by molar-refractivity contribution is 0.0509. The molecule has 0 unspecified atom stereocenters. The topological polar surface area (TPSA) is 84.7 Å². The van der Waals surface area contributed by atoms with Gasteiger partial charge >= 0.3 is 0 Å². The number of nitrogens with zero attached hydrogens (tertiary/aromatic N) is 5. The highest BCUT2D eigenvalue weighted by Gasteiger charge is 2.31. The van der Waals surface area contributed by atoms with Gasteiger partial charge in [-0.1, -0.05) is 57.2 Å². The van der Waals surface area contributed by atoms with Gasteiger partial charge in [-0.3, -0.25) is 9.52 Å². The normalized spacial score (nSPS) is 15.4. The molecule has 1 aliphatic heterocycles. The van der Waals surface area contributed by atoms with Crippen LogP contribution in [0.2, 0.25) is 0 Å². The van der Waals surface area contributed by atoms with Crippen LogP contribution in [0, 0.1) is 19.3 Å². The molecule has 0 spiro atoms. The molecule has 8 nitrogen and oxygen atoms in total. The molecule has 9 heteroatoms. The maximum atomic E-state index is 14.4. The number of benzene rings is 2. The van der Waals surface area contributed by atoms with Gasteiger partial charge in [-0.2, -0.15) is 4.98 Å². The zero-order valence-corrected chi connectivity index (χ0v) is 28.1. The van der Waals surface area contributed by atoms with Gasteiger partial charge in [0.25, 0.3) is 5.91 Å². The number of hydrogen-bond donors (Lipinski definition) is 1. The summed E-state index contributed by atoms with van der Waals surface area (Å²) >= 11 is 1.37. The van der Waals surface area contributed by atoms with E-state index in [0.29, 0.717) is 30.4 Å². The summed E-state index contributed by atoms with van der Waals surface area (Å²) in [7, 11) is 0. The Kier molecular flexibility index (Phi) is 8.61. The molecule has 6 rings (SSSR count). The summed E-state index contributed by atoms with van der Waals surface area (Å²) in [6.45, 7) is 17.4. The Morgan fingerprint density at radius 2 is 1.80 bits per heavy atom. The van der Waals surface area contributed by atoms with E-state index in [1.54, 1.807) is 0 Å². The summed E-state index contributed by atoms with van der Waals surface area (Å²) in [5.74, 6) is 0.820. The number of carbonyl (C=O) groups excluding carboxylic acids is 1. The molecule has 0 radical (unpaired) electrons. The van der Waals surface area contributed by atoms with Crippen LogP contribution in [0.3, 0.4) is 0 Å². The molecular weight excluding hydrogens is 593 g/mol. The second-order valence-corrected chi connectivity index (χ2v) is 14.1. The molecule has 1 atom stereocenters. The second kappa shape index (κ2) is 12.6. The maximum Gasteiger partial charge on any atom is 0.254 e. The molecule has 3 aromatic heterocycles. The third-order valence-corrected chi connectivity index (χ3v) is 8.86. The van der Waals surface area contributed by atoms with Crippen molar-refractivity contribution in [2.24, 2.45) is 5.41 Å². The molecular formula is C37H40N6O2S. The highest BCUT2D eigenvalue weighted by Crippen LogP contribution is 2.32. The minimum atomic E-state index is -0.268. The first-order valence-electron chi connectivity index (χ1n) is 15.5. The summed E-state index contributed by atoms with van der Waals surface area (Å²) in [6, 6.07) is 19.6. The highest BCUT2D eigenvalue weighted by molar-refractivity contribution is 8.00. The Morgan fingerprint density at radius 1 is 1.04 bits per heavy atom. The molecule has 236 valence electrons. The fourth-order valence-electron chi connectivity index (χ4n) is 5.92. The Labute approximate surface area is 275 Å². The summed E-state index contributed by atoms with van der Waals surface area (Å²) < 4.78 is 11.8. The summed E-state index contributed by atoms with van der Waals surface area (Å²) in [5.41, 5.74) is 8.22. The van der Waals surface area contributed by atoms with Crippen LogP contribution < -0.4 is 9.46 Å². The van der Waals surface area contributed by atoms with Gasteiger partial charge in [0.15, 0.2) is 0 Å². The third-order valence-electron chi connectivity index (χ3n) is 8.09. The van der Waals surface area contributed by atoms with E-state index in [1.165, 1.54) is 11.9 Å². The molecule has 0 saturated carbocycles. The van der Waals surface area contributed by atoms with Crippen LogP contribution in [0.25, 0.3) is 22.5 Å². The zero-order valence-electron chi connectivity index (χ0n) is 27.3. The van der Waals surface area contributed by atoms with Gasteiger partial charge in [0.2, 0.25) is 11.8 Å². The van der Waals surface area contributed by atoms with Gasteiger partial charge in [0.05, 0.1) is 24.0 Å². The minimum Gasteiger partial charge on any atom is -0.475 e. The standard InChI is InChI=1S/C37H40N6O2S/c1-23(2)26-14-15-42-20-28(38-32(42)17-26)21-43-29(19-37(5,6)7)22-45-33-18-31(34-24(3)10-8-11-25(34)4)39-36(40-33)41-46-30-13-9-12-27(16-30)35(43)44/h8-18,20,29H,1,19,21-22H2,2-7H3,(H,39,40,41)/t29-/m1/s1. The lowest BCUT2D eigenvalue weighted by atomic mass is 9.87. The SMILES string of the molecule is C=C(C)c1ccn2cc(CN3C(=O)c4cccc(c4)SNc4nc(cc(-c5c(C)cccc5C)n4)OC[C@H]3CC(C)(C)C)nc2c1. The molecule has 2 aromatic carbocycles. The van der Waals surface area contributed by atoms with Crippen molar-refractivity contribution in [1.29, 1.82) is 0 Å². The Morgan fingerprint density at radius 3 is 2.54 bits per heavy atom. The number of nitrogens with one attached hydrogen (secondary N) is 1. The average molecular weight is 633 g/mol. The molecule has 5 aromatic rings. The first-order valence-corrected chi connectivity index (χ1v) is 16.3. The smallest absolute Gasteiger partial charge is 0.254 e. The van der Waals surface area contributed by atoms with Crippen LogP contribution in [0.5, 0.6) is 5.88 Å². The number of imidazole rings is 1. The predicted molar refractivity (Wildman–Crippen MR) is 186 cm³/mol. The van der Waals surface area contributed by atoms with Crippen molar-refractivity contribution in [2.75, 3.05) is 11.3 Å². The lowest BCUT2D eigenvalue weighted by Gasteiger charge is -2.35. The maximum absolute atomic E-state index is 14.4. The summed E-state index contributed by atoms with van der Waals surface area (Å²) in [5, 5.41) is 0. The van der Waals surface area contributed by atoms with Crippen molar-refractivity contribution in [3.63, 3.8) is 0 Å². The van der Waals surface area contributed by atoms with Crippen LogP contribution in [-0.4, -0.2) is 42.8 Å². The Bertz CT molecular complexity index is 1920. The fourth-order valence-corrected chi connectivity index (χ4v) is 6.55. The van der Waals surface area contributed by atoms with Crippen LogP contribution in [0.15, 0.2) is 84.5 Å². The van der Waals surface area contributed by atoms with Crippen molar-refractivity contribution in [3.05, 3.63) is 108 Å². The number of aromatic nitrogens is 4. The molecule has 0 fully saturated rings. The fraction of sp³-hybridized carbons (Fsp3) is 0.297. The Hall–Kier alpha value is -4.63. The van der Waals surface area contributed by atoms with Crippen molar-refractivity contribution >= 4 is 35.0 Å². The van der Waals surface area contributed by atoms with E-state index < -0.39 is 0 Å². The number of rotatable bonds is 5. The van der Waals surface area contributed by atoms with Crippen molar-refractivity contribution in [3.8, 4) is 17.1 Å². The molecule has 1 amide bonds. The number of carbonyl (C=O) groups is 1. The third kappa shape index (κ3) is 6.94. The number of fused-ring (bicyclic) bond motifs is 5. The van der Waals surface area contributed by atoms with Gasteiger partial charge in [0.1, 0.15) is 12.3 Å². The van der Waals surface area contributed by atoms with Crippen LogP contribution >= 0.6 is 11.9 Å². The minimum absolute atomic E-state index is 0.0757. The molecule has 1 aliphatic rings. The van der Waals surface area contributed by atoms with Crippen LogP contribution in [-0.2, 0) is 6.54 Å². The van der Waals surface area contributed by atoms with Crippen molar-refractivity contribution in [1.82, 2.24) is 24.3 Å². The number of aryl methyl sites for hydroxylation is 2. The monoisotopic (exact) mass is 632 g/mol. The van der Waals surface area contributed by atoms with Gasteiger partial charge in [-0.15, -0.1) is 0 Å². The molecule has 1 N–H and O–H groups in total. The van der Waals surface area contributed by atoms with E-state index in [-0.39, 0.29) is 24.0 Å². The first kappa shape index (κ1) is 31.4. The van der Waals surface area contributed by atoms with Crippen molar-refractivity contribution < 1.29 is 9.53 Å². The first-order chi connectivity index (χ1) is 21.9. The van der Waals surface area contributed by atoms with Gasteiger partial charge in [0, 0.05) is 34.5 Å².